The van der Waals surface area contributed by atoms with E-state index in [9.17, 15) is 4.79 Å². The Labute approximate surface area is 118 Å². The summed E-state index contributed by atoms with van der Waals surface area (Å²) in [5, 5.41) is 7.64. The van der Waals surface area contributed by atoms with Gasteiger partial charge in [0.25, 0.3) is 0 Å². The van der Waals surface area contributed by atoms with Crippen LogP contribution in [0.5, 0.6) is 0 Å². The molecular weight excluding hydrogens is 254 g/mol. The Hall–Kier alpha value is -2.14. The Morgan fingerprint density at radius 2 is 2.15 bits per heavy atom. The highest BCUT2D eigenvalue weighted by molar-refractivity contribution is 5.90. The van der Waals surface area contributed by atoms with Crippen molar-refractivity contribution >= 4 is 5.97 Å². The van der Waals surface area contributed by atoms with E-state index in [0.717, 1.165) is 24.2 Å². The van der Waals surface area contributed by atoms with Gasteiger partial charge in [0.15, 0.2) is 0 Å². The topological polar surface area (TPSA) is 56.1 Å². The van der Waals surface area contributed by atoms with E-state index in [-0.39, 0.29) is 5.97 Å². The van der Waals surface area contributed by atoms with Crippen molar-refractivity contribution in [1.82, 2.24) is 15.1 Å². The zero-order chi connectivity index (χ0) is 14.4. The largest absolute Gasteiger partial charge is 0.465 e. The van der Waals surface area contributed by atoms with Gasteiger partial charge in [0.2, 0.25) is 0 Å². The molecule has 0 saturated heterocycles. The summed E-state index contributed by atoms with van der Waals surface area (Å²) in [6.45, 7) is 1.45. The first-order valence-electron chi connectivity index (χ1n) is 6.56. The van der Waals surface area contributed by atoms with E-state index in [1.807, 2.05) is 37.5 Å². The Morgan fingerprint density at radius 1 is 1.35 bits per heavy atom. The number of ether oxygens (including phenoxy) is 1. The van der Waals surface area contributed by atoms with Crippen LogP contribution in [0, 0.1) is 0 Å². The molecule has 106 valence electrons. The number of aromatic nitrogens is 2. The van der Waals surface area contributed by atoms with Crippen LogP contribution in [0.1, 0.15) is 21.6 Å². The highest BCUT2D eigenvalue weighted by Gasteiger charge is 2.10. The van der Waals surface area contributed by atoms with Crippen molar-refractivity contribution in [1.29, 1.82) is 0 Å². The van der Waals surface area contributed by atoms with Gasteiger partial charge >= 0.3 is 5.97 Å². The standard InChI is InChI=1S/C15H19N3O2/c1-18-10-8-13(17-18)7-9-16-11-12-5-3-4-6-14(12)15(19)20-2/h3-6,8,10,16H,7,9,11H2,1-2H3. The third-order valence-electron chi connectivity index (χ3n) is 3.06. The minimum Gasteiger partial charge on any atom is -0.465 e. The lowest BCUT2D eigenvalue weighted by Crippen LogP contribution is -2.19. The lowest BCUT2D eigenvalue weighted by molar-refractivity contribution is 0.0599. The SMILES string of the molecule is COC(=O)c1ccccc1CNCCc1ccn(C)n1. The van der Waals surface area contributed by atoms with Gasteiger partial charge in [0.1, 0.15) is 0 Å². The summed E-state index contributed by atoms with van der Waals surface area (Å²) < 4.78 is 6.57. The smallest absolute Gasteiger partial charge is 0.338 e. The molecular formula is C15H19N3O2. The minimum atomic E-state index is -0.299. The molecule has 1 aromatic heterocycles. The van der Waals surface area contributed by atoms with Gasteiger partial charge in [-0.1, -0.05) is 18.2 Å². The molecule has 1 heterocycles. The van der Waals surface area contributed by atoms with Crippen LogP contribution in [0.3, 0.4) is 0 Å². The van der Waals surface area contributed by atoms with E-state index in [4.69, 9.17) is 4.74 Å². The van der Waals surface area contributed by atoms with E-state index >= 15 is 0 Å². The fourth-order valence-corrected chi connectivity index (χ4v) is 2.02. The third-order valence-corrected chi connectivity index (χ3v) is 3.06. The summed E-state index contributed by atoms with van der Waals surface area (Å²) in [7, 11) is 3.30. The number of rotatable bonds is 6. The number of esters is 1. The summed E-state index contributed by atoms with van der Waals surface area (Å²) >= 11 is 0. The molecule has 0 aliphatic carbocycles. The Morgan fingerprint density at radius 3 is 2.85 bits per heavy atom. The molecule has 0 saturated carbocycles. The van der Waals surface area contributed by atoms with Gasteiger partial charge in [-0.25, -0.2) is 4.79 Å². The van der Waals surface area contributed by atoms with E-state index in [1.54, 1.807) is 10.7 Å². The average molecular weight is 273 g/mol. The lowest BCUT2D eigenvalue weighted by Gasteiger charge is -2.08. The quantitative estimate of drug-likeness (QED) is 0.641. The van der Waals surface area contributed by atoms with Gasteiger partial charge in [-0.15, -0.1) is 0 Å². The zero-order valence-electron chi connectivity index (χ0n) is 11.8. The van der Waals surface area contributed by atoms with Crippen molar-refractivity contribution in [3.05, 3.63) is 53.3 Å². The normalized spacial score (nSPS) is 10.5. The van der Waals surface area contributed by atoms with Gasteiger partial charge in [0, 0.05) is 32.8 Å². The molecule has 5 nitrogen and oxygen atoms in total. The summed E-state index contributed by atoms with van der Waals surface area (Å²) in [5.41, 5.74) is 2.61. The second-order valence-corrected chi connectivity index (χ2v) is 4.56. The zero-order valence-corrected chi connectivity index (χ0v) is 11.8. The summed E-state index contributed by atoms with van der Waals surface area (Å²) in [5.74, 6) is -0.299. The summed E-state index contributed by atoms with van der Waals surface area (Å²) in [6.07, 6.45) is 2.79. The molecule has 0 atom stereocenters. The molecule has 0 bridgehead atoms. The predicted molar refractivity (Wildman–Crippen MR) is 76.4 cm³/mol. The van der Waals surface area contributed by atoms with Crippen LogP contribution in [-0.4, -0.2) is 29.4 Å². The van der Waals surface area contributed by atoms with Crippen LogP contribution in [0.4, 0.5) is 0 Å². The lowest BCUT2D eigenvalue weighted by atomic mass is 10.1. The van der Waals surface area contributed by atoms with Crippen LogP contribution in [0.25, 0.3) is 0 Å². The maximum absolute atomic E-state index is 11.6. The summed E-state index contributed by atoms with van der Waals surface area (Å²) in [6, 6.07) is 9.47. The number of methoxy groups -OCH3 is 1. The van der Waals surface area contributed by atoms with Crippen molar-refractivity contribution in [2.75, 3.05) is 13.7 Å². The number of hydrogen-bond donors (Lipinski definition) is 1. The molecule has 0 aliphatic heterocycles. The Balaban J connectivity index is 1.86. The van der Waals surface area contributed by atoms with Crippen molar-refractivity contribution in [2.24, 2.45) is 7.05 Å². The molecule has 5 heteroatoms. The van der Waals surface area contributed by atoms with E-state index in [2.05, 4.69) is 10.4 Å². The number of carbonyl (C=O) groups excluding carboxylic acids is 1. The molecule has 0 amide bonds. The highest BCUT2D eigenvalue weighted by Crippen LogP contribution is 2.09. The maximum atomic E-state index is 11.6. The first kappa shape index (κ1) is 14.3. The predicted octanol–water partition coefficient (Wildman–Crippen LogP) is 1.54. The number of carbonyl (C=O) groups is 1. The van der Waals surface area contributed by atoms with Crippen LogP contribution >= 0.6 is 0 Å². The monoisotopic (exact) mass is 273 g/mol. The molecule has 0 spiro atoms. The average Bonchev–Trinajstić information content (AvgIpc) is 2.89. The molecule has 0 fully saturated rings. The van der Waals surface area contributed by atoms with Crippen molar-refractivity contribution in [3.63, 3.8) is 0 Å². The van der Waals surface area contributed by atoms with Crippen LogP contribution in [0.2, 0.25) is 0 Å². The fourth-order valence-electron chi connectivity index (χ4n) is 2.02. The highest BCUT2D eigenvalue weighted by atomic mass is 16.5. The van der Waals surface area contributed by atoms with Crippen molar-refractivity contribution in [2.45, 2.75) is 13.0 Å². The number of aryl methyl sites for hydroxylation is 1. The summed E-state index contributed by atoms with van der Waals surface area (Å²) in [4.78, 5) is 11.6. The molecule has 2 rings (SSSR count). The second kappa shape index (κ2) is 6.86. The van der Waals surface area contributed by atoms with Crippen LogP contribution in [-0.2, 0) is 24.8 Å². The van der Waals surface area contributed by atoms with E-state index < -0.39 is 0 Å². The maximum Gasteiger partial charge on any atom is 0.338 e. The number of nitrogens with zero attached hydrogens (tertiary/aromatic N) is 2. The fraction of sp³-hybridized carbons (Fsp3) is 0.333. The number of benzene rings is 1. The molecule has 0 radical (unpaired) electrons. The number of hydrogen-bond acceptors (Lipinski definition) is 4. The Kier molecular flexibility index (Phi) is 4.90. The van der Waals surface area contributed by atoms with Gasteiger partial charge in [-0.2, -0.15) is 5.10 Å². The molecule has 20 heavy (non-hydrogen) atoms. The number of nitrogens with one attached hydrogen (secondary N) is 1. The first-order chi connectivity index (χ1) is 9.70. The third kappa shape index (κ3) is 3.68. The molecule has 1 aromatic carbocycles. The Bertz CT molecular complexity index is 578. The van der Waals surface area contributed by atoms with Crippen molar-refractivity contribution in [3.8, 4) is 0 Å². The molecule has 1 N–H and O–H groups in total. The molecule has 0 aliphatic rings. The van der Waals surface area contributed by atoms with Gasteiger partial charge in [0.05, 0.1) is 18.4 Å². The molecule has 0 unspecified atom stereocenters. The van der Waals surface area contributed by atoms with Crippen molar-refractivity contribution < 1.29 is 9.53 Å². The second-order valence-electron chi connectivity index (χ2n) is 4.56. The first-order valence-corrected chi connectivity index (χ1v) is 6.56. The van der Waals surface area contributed by atoms with Crippen LogP contribution < -0.4 is 5.32 Å². The molecule has 2 aromatic rings. The minimum absolute atomic E-state index is 0.299. The van der Waals surface area contributed by atoms with E-state index in [0.29, 0.717) is 12.1 Å². The van der Waals surface area contributed by atoms with Crippen LogP contribution in [0.15, 0.2) is 36.5 Å². The van der Waals surface area contributed by atoms with Gasteiger partial charge < -0.3 is 10.1 Å². The van der Waals surface area contributed by atoms with E-state index in [1.165, 1.54) is 7.11 Å². The van der Waals surface area contributed by atoms with Gasteiger partial charge in [-0.05, 0) is 17.7 Å². The van der Waals surface area contributed by atoms with Gasteiger partial charge in [-0.3, -0.25) is 4.68 Å².